The van der Waals surface area contributed by atoms with Crippen molar-refractivity contribution in [3.05, 3.63) is 81.5 Å². The van der Waals surface area contributed by atoms with Gasteiger partial charge in [-0.2, -0.15) is 13.2 Å². The zero-order valence-corrected chi connectivity index (χ0v) is 22.6. The Hall–Kier alpha value is -4.26. The normalized spacial score (nSPS) is 15.4. The number of benzene rings is 2. The Morgan fingerprint density at radius 3 is 2.60 bits per heavy atom. The molecule has 1 saturated heterocycles. The molecule has 1 aliphatic heterocycles. The van der Waals surface area contributed by atoms with Gasteiger partial charge in [0.25, 0.3) is 11.5 Å². The van der Waals surface area contributed by atoms with Gasteiger partial charge in [0, 0.05) is 55.3 Å². The standard InChI is InChI=1S/C29H29F5N4O4/c1-2-42-25-14-26(39)36-15-23(25)17-3-4-18(24(31)11-17)12-27(40)37-22-10-19(9-20(13-22)29(32,33)34)28(41)35-6-8-38-7-5-21(30)16-38/h3-4,9-11,13-15,21H,2,5-8,12,16H2,1H3,(H,35,41)(H,36,39)(H,37,40)/t21-/m0/s1. The lowest BCUT2D eigenvalue weighted by Crippen LogP contribution is -2.34. The Labute approximate surface area is 237 Å². The minimum Gasteiger partial charge on any atom is -0.493 e. The molecule has 0 aliphatic carbocycles. The van der Waals surface area contributed by atoms with Crippen LogP contribution in [0.4, 0.5) is 27.6 Å². The molecule has 2 aromatic carbocycles. The lowest BCUT2D eigenvalue weighted by atomic mass is 10.0. The van der Waals surface area contributed by atoms with Crippen molar-refractivity contribution < 1.29 is 36.3 Å². The molecule has 13 heteroatoms. The number of likely N-dealkylation sites (tertiary alicyclic amines) is 1. The lowest BCUT2D eigenvalue weighted by Gasteiger charge is -2.16. The fourth-order valence-corrected chi connectivity index (χ4v) is 4.60. The molecular formula is C29H29F5N4O4. The van der Waals surface area contributed by atoms with E-state index >= 15 is 0 Å². The summed E-state index contributed by atoms with van der Waals surface area (Å²) in [7, 11) is 0. The van der Waals surface area contributed by atoms with E-state index in [4.69, 9.17) is 4.74 Å². The first-order chi connectivity index (χ1) is 19.9. The second-order valence-electron chi connectivity index (χ2n) is 9.78. The van der Waals surface area contributed by atoms with Gasteiger partial charge in [0.2, 0.25) is 5.91 Å². The fourth-order valence-electron chi connectivity index (χ4n) is 4.60. The van der Waals surface area contributed by atoms with Crippen LogP contribution in [0.3, 0.4) is 0 Å². The average molecular weight is 593 g/mol. The van der Waals surface area contributed by atoms with Crippen LogP contribution >= 0.6 is 0 Å². The van der Waals surface area contributed by atoms with Crippen LogP contribution in [0.15, 0.2) is 53.5 Å². The topological polar surface area (TPSA) is 104 Å². The SMILES string of the molecule is CCOc1cc(=O)[nH]cc1-c1ccc(CC(=O)Nc2cc(C(=O)NCCN3CC[C@H](F)C3)cc(C(F)(F)F)c2)c(F)c1. The number of hydrogen-bond donors (Lipinski definition) is 3. The number of aromatic nitrogens is 1. The summed E-state index contributed by atoms with van der Waals surface area (Å²) in [5, 5.41) is 4.83. The molecule has 1 fully saturated rings. The summed E-state index contributed by atoms with van der Waals surface area (Å²) in [5.74, 6) is -2.10. The van der Waals surface area contributed by atoms with Crippen LogP contribution in [0, 0.1) is 5.82 Å². The summed E-state index contributed by atoms with van der Waals surface area (Å²) in [6.07, 6.45) is -4.47. The molecule has 0 spiro atoms. The zero-order chi connectivity index (χ0) is 30.4. The summed E-state index contributed by atoms with van der Waals surface area (Å²) in [5.41, 5.74) is -1.39. The van der Waals surface area contributed by atoms with E-state index in [1.807, 2.05) is 0 Å². The third kappa shape index (κ3) is 7.93. The van der Waals surface area contributed by atoms with Crippen LogP contribution in [0.5, 0.6) is 5.75 Å². The Morgan fingerprint density at radius 1 is 1.14 bits per heavy atom. The maximum absolute atomic E-state index is 15.0. The Kier molecular flexibility index (Phi) is 9.61. The highest BCUT2D eigenvalue weighted by atomic mass is 19.4. The van der Waals surface area contributed by atoms with E-state index in [2.05, 4.69) is 15.6 Å². The van der Waals surface area contributed by atoms with Crippen LogP contribution in [-0.4, -0.2) is 60.7 Å². The highest BCUT2D eigenvalue weighted by Gasteiger charge is 2.32. The second-order valence-corrected chi connectivity index (χ2v) is 9.78. The molecule has 0 radical (unpaired) electrons. The smallest absolute Gasteiger partial charge is 0.416 e. The van der Waals surface area contributed by atoms with E-state index in [0.717, 1.165) is 12.1 Å². The Bertz CT molecular complexity index is 1510. The molecule has 2 amide bonds. The first kappa shape index (κ1) is 30.7. The van der Waals surface area contributed by atoms with Gasteiger partial charge in [0.1, 0.15) is 17.7 Å². The number of pyridine rings is 1. The van der Waals surface area contributed by atoms with Crippen LogP contribution in [-0.2, 0) is 17.4 Å². The quantitative estimate of drug-likeness (QED) is 0.300. The molecule has 224 valence electrons. The number of carbonyl (C=O) groups is 2. The number of amides is 2. The molecule has 3 N–H and O–H groups in total. The molecule has 3 aromatic rings. The van der Waals surface area contributed by atoms with Gasteiger partial charge in [0.05, 0.1) is 18.6 Å². The van der Waals surface area contributed by atoms with Crippen molar-refractivity contribution in [1.29, 1.82) is 0 Å². The third-order valence-corrected chi connectivity index (χ3v) is 6.64. The van der Waals surface area contributed by atoms with Gasteiger partial charge in [0.15, 0.2) is 0 Å². The summed E-state index contributed by atoms with van der Waals surface area (Å²) in [4.78, 5) is 41.2. The summed E-state index contributed by atoms with van der Waals surface area (Å²) >= 11 is 0. The average Bonchev–Trinajstić information content (AvgIpc) is 3.34. The minimum absolute atomic E-state index is 0.0268. The van der Waals surface area contributed by atoms with Crippen molar-refractivity contribution in [2.45, 2.75) is 32.1 Å². The van der Waals surface area contributed by atoms with E-state index in [9.17, 15) is 36.3 Å². The molecule has 1 atom stereocenters. The van der Waals surface area contributed by atoms with Gasteiger partial charge < -0.3 is 20.4 Å². The van der Waals surface area contributed by atoms with Gasteiger partial charge in [-0.05, 0) is 48.7 Å². The first-order valence-corrected chi connectivity index (χ1v) is 13.2. The summed E-state index contributed by atoms with van der Waals surface area (Å²) in [6.45, 7) is 3.21. The van der Waals surface area contributed by atoms with Crippen molar-refractivity contribution >= 4 is 17.5 Å². The molecule has 1 aromatic heterocycles. The zero-order valence-electron chi connectivity index (χ0n) is 22.6. The highest BCUT2D eigenvalue weighted by molar-refractivity contribution is 5.98. The monoisotopic (exact) mass is 592 g/mol. The molecule has 1 aliphatic rings. The van der Waals surface area contributed by atoms with Gasteiger partial charge in [-0.15, -0.1) is 0 Å². The summed E-state index contributed by atoms with van der Waals surface area (Å²) in [6, 6.07) is 7.71. The van der Waals surface area contributed by atoms with Gasteiger partial charge in [-0.1, -0.05) is 12.1 Å². The van der Waals surface area contributed by atoms with Crippen molar-refractivity contribution in [3.8, 4) is 16.9 Å². The lowest BCUT2D eigenvalue weighted by molar-refractivity contribution is -0.137. The van der Waals surface area contributed by atoms with E-state index in [1.165, 1.54) is 24.4 Å². The van der Waals surface area contributed by atoms with E-state index in [1.54, 1.807) is 11.8 Å². The van der Waals surface area contributed by atoms with Crippen LogP contribution in [0.1, 0.15) is 34.8 Å². The van der Waals surface area contributed by atoms with Crippen molar-refractivity contribution in [1.82, 2.24) is 15.2 Å². The van der Waals surface area contributed by atoms with Crippen molar-refractivity contribution in [3.63, 3.8) is 0 Å². The number of ether oxygens (including phenoxy) is 1. The van der Waals surface area contributed by atoms with Crippen molar-refractivity contribution in [2.75, 3.05) is 38.1 Å². The molecule has 4 rings (SSSR count). The minimum atomic E-state index is -4.80. The third-order valence-electron chi connectivity index (χ3n) is 6.64. The largest absolute Gasteiger partial charge is 0.493 e. The molecule has 8 nitrogen and oxygen atoms in total. The van der Waals surface area contributed by atoms with Gasteiger partial charge in [-0.3, -0.25) is 19.3 Å². The number of aromatic amines is 1. The maximum Gasteiger partial charge on any atom is 0.416 e. The van der Waals surface area contributed by atoms with E-state index in [-0.39, 0.29) is 42.3 Å². The number of halogens is 5. The fraction of sp³-hybridized carbons (Fsp3) is 0.345. The number of hydrogen-bond acceptors (Lipinski definition) is 5. The second kappa shape index (κ2) is 13.1. The number of nitrogens with zero attached hydrogens (tertiary/aromatic N) is 1. The van der Waals surface area contributed by atoms with E-state index in [0.29, 0.717) is 42.8 Å². The predicted molar refractivity (Wildman–Crippen MR) is 146 cm³/mol. The number of nitrogens with one attached hydrogen (secondary N) is 3. The molecule has 42 heavy (non-hydrogen) atoms. The predicted octanol–water partition coefficient (Wildman–Crippen LogP) is 4.55. The highest BCUT2D eigenvalue weighted by Crippen LogP contribution is 2.33. The molecular weight excluding hydrogens is 563 g/mol. The van der Waals surface area contributed by atoms with Crippen molar-refractivity contribution in [2.24, 2.45) is 0 Å². The first-order valence-electron chi connectivity index (χ1n) is 13.2. The number of rotatable bonds is 10. The van der Waals surface area contributed by atoms with Crippen LogP contribution in [0.25, 0.3) is 11.1 Å². The number of anilines is 1. The number of carbonyl (C=O) groups excluding carboxylic acids is 2. The molecule has 0 bridgehead atoms. The number of H-pyrrole nitrogens is 1. The molecule has 2 heterocycles. The van der Waals surface area contributed by atoms with Crippen LogP contribution in [0.2, 0.25) is 0 Å². The summed E-state index contributed by atoms with van der Waals surface area (Å²) < 4.78 is 74.4. The maximum atomic E-state index is 15.0. The number of alkyl halides is 4. The van der Waals surface area contributed by atoms with E-state index < -0.39 is 47.5 Å². The Balaban J connectivity index is 1.46. The van der Waals surface area contributed by atoms with Crippen LogP contribution < -0.4 is 20.9 Å². The molecule has 0 saturated carbocycles. The van der Waals surface area contributed by atoms with Gasteiger partial charge >= 0.3 is 6.18 Å². The van der Waals surface area contributed by atoms with Gasteiger partial charge in [-0.25, -0.2) is 8.78 Å². The molecule has 0 unspecified atom stereocenters. The Morgan fingerprint density at radius 2 is 1.93 bits per heavy atom.